The second kappa shape index (κ2) is 6.47. The number of nitrogens with zero attached hydrogens (tertiary/aromatic N) is 1. The van der Waals surface area contributed by atoms with Crippen molar-refractivity contribution in [2.75, 3.05) is 25.9 Å². The lowest BCUT2D eigenvalue weighted by atomic mass is 10.0. The van der Waals surface area contributed by atoms with Crippen molar-refractivity contribution in [1.82, 2.24) is 10.2 Å². The van der Waals surface area contributed by atoms with Gasteiger partial charge in [0.1, 0.15) is 5.75 Å². The molecule has 3 N–H and O–H groups in total. The molecule has 0 saturated carbocycles. The predicted molar refractivity (Wildman–Crippen MR) is 80.1 cm³/mol. The van der Waals surface area contributed by atoms with E-state index >= 15 is 0 Å². The Hall–Kier alpha value is -2.24. The summed E-state index contributed by atoms with van der Waals surface area (Å²) in [6, 6.07) is 5.02. The van der Waals surface area contributed by atoms with Crippen LogP contribution in [0.2, 0.25) is 0 Å². The number of piperidine rings is 1. The van der Waals surface area contributed by atoms with Gasteiger partial charge in [0, 0.05) is 37.8 Å². The van der Waals surface area contributed by atoms with Gasteiger partial charge in [0.15, 0.2) is 0 Å². The molecule has 2 rings (SSSR count). The maximum atomic E-state index is 12.6. The molecule has 6 heteroatoms. The minimum atomic E-state index is -0.0955. The van der Waals surface area contributed by atoms with Gasteiger partial charge < -0.3 is 20.7 Å². The van der Waals surface area contributed by atoms with Gasteiger partial charge in [-0.2, -0.15) is 0 Å². The molecule has 1 unspecified atom stereocenters. The van der Waals surface area contributed by atoms with Gasteiger partial charge in [-0.1, -0.05) is 0 Å². The molecule has 1 aromatic carbocycles. The Morgan fingerprint density at radius 2 is 2.19 bits per heavy atom. The van der Waals surface area contributed by atoms with Crippen molar-refractivity contribution in [1.29, 1.82) is 0 Å². The summed E-state index contributed by atoms with van der Waals surface area (Å²) in [5.74, 6) is 0.308. The van der Waals surface area contributed by atoms with Gasteiger partial charge in [0.05, 0.1) is 12.7 Å². The van der Waals surface area contributed by atoms with E-state index in [1.807, 2.05) is 0 Å². The smallest absolute Gasteiger partial charge is 0.257 e. The average Bonchev–Trinajstić information content (AvgIpc) is 2.46. The first-order valence-corrected chi connectivity index (χ1v) is 7.01. The van der Waals surface area contributed by atoms with E-state index in [4.69, 9.17) is 10.5 Å². The van der Waals surface area contributed by atoms with Crippen molar-refractivity contribution in [2.24, 2.45) is 0 Å². The molecule has 1 atom stereocenters. The number of amides is 2. The lowest BCUT2D eigenvalue weighted by molar-refractivity contribution is -0.120. The fourth-order valence-corrected chi connectivity index (χ4v) is 2.62. The second-order valence-corrected chi connectivity index (χ2v) is 5.25. The number of hydrogen-bond donors (Lipinski definition) is 2. The first-order chi connectivity index (χ1) is 10.0. The average molecular weight is 291 g/mol. The van der Waals surface area contributed by atoms with Crippen LogP contribution in [0.15, 0.2) is 18.2 Å². The van der Waals surface area contributed by atoms with E-state index in [1.54, 1.807) is 23.1 Å². The standard InChI is InChI=1S/C15H21N3O3/c1-10(19)17-12-4-3-7-18(9-12)15(20)13-6-5-11(16)8-14(13)21-2/h5-6,8,12H,3-4,7,9,16H2,1-2H3,(H,17,19). The Labute approximate surface area is 124 Å². The molecule has 1 fully saturated rings. The Morgan fingerprint density at radius 3 is 2.86 bits per heavy atom. The normalized spacial score (nSPS) is 18.2. The molecule has 6 nitrogen and oxygen atoms in total. The zero-order valence-electron chi connectivity index (χ0n) is 12.4. The molecule has 0 aromatic heterocycles. The number of nitrogen functional groups attached to an aromatic ring is 1. The summed E-state index contributed by atoms with van der Waals surface area (Å²) in [4.78, 5) is 25.5. The SMILES string of the molecule is COc1cc(N)ccc1C(=O)N1CCCC(NC(C)=O)C1. The minimum Gasteiger partial charge on any atom is -0.496 e. The Morgan fingerprint density at radius 1 is 1.43 bits per heavy atom. The highest BCUT2D eigenvalue weighted by molar-refractivity contribution is 5.97. The molecule has 1 aliphatic rings. The van der Waals surface area contributed by atoms with Crippen LogP contribution in [0, 0.1) is 0 Å². The summed E-state index contributed by atoms with van der Waals surface area (Å²) in [6.07, 6.45) is 1.76. The number of methoxy groups -OCH3 is 1. The first kappa shape index (κ1) is 15.2. The van der Waals surface area contributed by atoms with Crippen molar-refractivity contribution in [3.63, 3.8) is 0 Å². The van der Waals surface area contributed by atoms with Crippen LogP contribution in [0.5, 0.6) is 5.75 Å². The maximum Gasteiger partial charge on any atom is 0.257 e. The van der Waals surface area contributed by atoms with Crippen LogP contribution in [0.1, 0.15) is 30.1 Å². The number of hydrogen-bond acceptors (Lipinski definition) is 4. The van der Waals surface area contributed by atoms with E-state index in [0.717, 1.165) is 12.8 Å². The van der Waals surface area contributed by atoms with E-state index in [-0.39, 0.29) is 17.9 Å². The molecule has 1 aliphatic heterocycles. The topological polar surface area (TPSA) is 84.7 Å². The van der Waals surface area contributed by atoms with Crippen molar-refractivity contribution in [3.05, 3.63) is 23.8 Å². The predicted octanol–water partition coefficient (Wildman–Crippen LogP) is 1.02. The molecule has 0 bridgehead atoms. The third-order valence-corrected chi connectivity index (χ3v) is 3.57. The van der Waals surface area contributed by atoms with Gasteiger partial charge >= 0.3 is 0 Å². The summed E-state index contributed by atoms with van der Waals surface area (Å²) < 4.78 is 5.23. The number of carbonyl (C=O) groups excluding carboxylic acids is 2. The van der Waals surface area contributed by atoms with Gasteiger partial charge in [-0.15, -0.1) is 0 Å². The molecule has 0 aliphatic carbocycles. The van der Waals surface area contributed by atoms with Crippen LogP contribution in [0.25, 0.3) is 0 Å². The molecule has 21 heavy (non-hydrogen) atoms. The Balaban J connectivity index is 2.14. The van der Waals surface area contributed by atoms with Crippen LogP contribution < -0.4 is 15.8 Å². The van der Waals surface area contributed by atoms with Gasteiger partial charge in [0.2, 0.25) is 5.91 Å². The highest BCUT2D eigenvalue weighted by Gasteiger charge is 2.26. The summed E-state index contributed by atoms with van der Waals surface area (Å²) >= 11 is 0. The van der Waals surface area contributed by atoms with E-state index in [9.17, 15) is 9.59 Å². The van der Waals surface area contributed by atoms with Gasteiger partial charge in [-0.05, 0) is 25.0 Å². The van der Waals surface area contributed by atoms with Gasteiger partial charge in [-0.3, -0.25) is 9.59 Å². The van der Waals surface area contributed by atoms with Crippen LogP contribution in [0.4, 0.5) is 5.69 Å². The maximum absolute atomic E-state index is 12.6. The van der Waals surface area contributed by atoms with E-state index in [1.165, 1.54) is 14.0 Å². The quantitative estimate of drug-likeness (QED) is 0.814. The lowest BCUT2D eigenvalue weighted by Gasteiger charge is -2.33. The summed E-state index contributed by atoms with van der Waals surface area (Å²) in [5, 5.41) is 2.87. The third kappa shape index (κ3) is 3.65. The number of ether oxygens (including phenoxy) is 1. The molecular formula is C15H21N3O3. The van der Waals surface area contributed by atoms with Crippen LogP contribution >= 0.6 is 0 Å². The molecule has 1 heterocycles. The number of nitrogens with one attached hydrogen (secondary N) is 1. The summed E-state index contributed by atoms with van der Waals surface area (Å²) in [7, 11) is 1.52. The van der Waals surface area contributed by atoms with Gasteiger partial charge in [0.25, 0.3) is 5.91 Å². The molecule has 114 valence electrons. The van der Waals surface area contributed by atoms with E-state index in [2.05, 4.69) is 5.32 Å². The molecule has 0 radical (unpaired) electrons. The van der Waals surface area contributed by atoms with Crippen LogP contribution in [-0.2, 0) is 4.79 Å². The molecule has 1 aromatic rings. The Bertz CT molecular complexity index is 545. The summed E-state index contributed by atoms with van der Waals surface area (Å²) in [6.45, 7) is 2.69. The number of anilines is 1. The monoisotopic (exact) mass is 291 g/mol. The van der Waals surface area contributed by atoms with Crippen molar-refractivity contribution in [3.8, 4) is 5.75 Å². The van der Waals surface area contributed by atoms with Crippen LogP contribution in [0.3, 0.4) is 0 Å². The van der Waals surface area contributed by atoms with E-state index in [0.29, 0.717) is 30.1 Å². The number of carbonyl (C=O) groups is 2. The zero-order chi connectivity index (χ0) is 15.4. The molecule has 0 spiro atoms. The van der Waals surface area contributed by atoms with Crippen LogP contribution in [-0.4, -0.2) is 43.0 Å². The van der Waals surface area contributed by atoms with Crippen molar-refractivity contribution < 1.29 is 14.3 Å². The number of nitrogens with two attached hydrogens (primary N) is 1. The molecular weight excluding hydrogens is 270 g/mol. The highest BCUT2D eigenvalue weighted by atomic mass is 16.5. The van der Waals surface area contributed by atoms with Crippen molar-refractivity contribution >= 4 is 17.5 Å². The Kier molecular flexibility index (Phi) is 4.67. The van der Waals surface area contributed by atoms with Gasteiger partial charge in [-0.25, -0.2) is 0 Å². The molecule has 1 saturated heterocycles. The van der Waals surface area contributed by atoms with Crippen molar-refractivity contribution in [2.45, 2.75) is 25.8 Å². The third-order valence-electron chi connectivity index (χ3n) is 3.57. The molecule has 2 amide bonds. The minimum absolute atomic E-state index is 0.0139. The fraction of sp³-hybridized carbons (Fsp3) is 0.467. The number of benzene rings is 1. The number of likely N-dealkylation sites (tertiary alicyclic amines) is 1. The first-order valence-electron chi connectivity index (χ1n) is 7.01. The highest BCUT2D eigenvalue weighted by Crippen LogP contribution is 2.24. The largest absolute Gasteiger partial charge is 0.496 e. The lowest BCUT2D eigenvalue weighted by Crippen LogP contribution is -2.49. The fourth-order valence-electron chi connectivity index (χ4n) is 2.62. The zero-order valence-corrected chi connectivity index (χ0v) is 12.4. The number of rotatable bonds is 3. The second-order valence-electron chi connectivity index (χ2n) is 5.25. The van der Waals surface area contributed by atoms with E-state index < -0.39 is 0 Å². The summed E-state index contributed by atoms with van der Waals surface area (Å²) in [5.41, 5.74) is 6.76.